The first kappa shape index (κ1) is 20.0. The van der Waals surface area contributed by atoms with E-state index in [-0.39, 0.29) is 18.4 Å². The summed E-state index contributed by atoms with van der Waals surface area (Å²) in [6.07, 6.45) is 8.19. The molecule has 0 atom stereocenters. The zero-order valence-corrected chi connectivity index (χ0v) is 17.1. The maximum atomic E-state index is 12.7. The van der Waals surface area contributed by atoms with Crippen molar-refractivity contribution in [1.82, 2.24) is 14.5 Å². The summed E-state index contributed by atoms with van der Waals surface area (Å²) in [6.45, 7) is 1.85. The van der Waals surface area contributed by atoms with Gasteiger partial charge in [0, 0.05) is 30.7 Å². The van der Waals surface area contributed by atoms with E-state index in [0.29, 0.717) is 23.0 Å². The maximum Gasteiger partial charge on any atom is 0.257 e. The number of pyridine rings is 1. The van der Waals surface area contributed by atoms with Gasteiger partial charge in [0.1, 0.15) is 12.1 Å². The Morgan fingerprint density at radius 1 is 1.17 bits per heavy atom. The Morgan fingerprint density at radius 3 is 2.70 bits per heavy atom. The van der Waals surface area contributed by atoms with Crippen LogP contribution in [-0.4, -0.2) is 40.1 Å². The van der Waals surface area contributed by atoms with Gasteiger partial charge in [-0.2, -0.15) is 0 Å². The van der Waals surface area contributed by atoms with Gasteiger partial charge in [0.15, 0.2) is 5.65 Å². The van der Waals surface area contributed by atoms with Crippen LogP contribution in [0.2, 0.25) is 0 Å². The highest BCUT2D eigenvalue weighted by atomic mass is 16.5. The maximum absolute atomic E-state index is 12.7. The Bertz CT molecular complexity index is 1090. The largest absolute Gasteiger partial charge is 0.375 e. The molecule has 8 nitrogen and oxygen atoms in total. The summed E-state index contributed by atoms with van der Waals surface area (Å²) in [7, 11) is 1.47. The molecule has 0 saturated heterocycles. The zero-order chi connectivity index (χ0) is 21.1. The number of nitrogens with one attached hydrogen (secondary N) is 2. The lowest BCUT2D eigenvalue weighted by atomic mass is 10.1. The molecule has 8 heteroatoms. The number of amides is 2. The first-order valence-electron chi connectivity index (χ1n) is 10.1. The van der Waals surface area contributed by atoms with Crippen LogP contribution < -0.4 is 10.6 Å². The molecule has 2 heterocycles. The van der Waals surface area contributed by atoms with E-state index in [9.17, 15) is 9.59 Å². The fourth-order valence-corrected chi connectivity index (χ4v) is 3.90. The van der Waals surface area contributed by atoms with Crippen LogP contribution in [0.15, 0.2) is 36.8 Å². The minimum atomic E-state index is -0.254. The molecular formula is C22H25N5O3. The molecule has 1 saturated carbocycles. The van der Waals surface area contributed by atoms with Crippen LogP contribution in [0.5, 0.6) is 0 Å². The van der Waals surface area contributed by atoms with Crippen molar-refractivity contribution in [2.24, 2.45) is 0 Å². The summed E-state index contributed by atoms with van der Waals surface area (Å²) in [6, 6.07) is 7.53. The SMILES string of the molecule is COCC(=O)Nc1ccc(NC(=O)c2cnc3c(c2)ncn3C2CCCC2)cc1C. The molecule has 30 heavy (non-hydrogen) atoms. The van der Waals surface area contributed by atoms with Crippen LogP contribution in [0.4, 0.5) is 11.4 Å². The van der Waals surface area contributed by atoms with E-state index in [0.717, 1.165) is 29.6 Å². The highest BCUT2D eigenvalue weighted by Gasteiger charge is 2.20. The lowest BCUT2D eigenvalue weighted by Gasteiger charge is -2.12. The summed E-state index contributed by atoms with van der Waals surface area (Å²) in [5, 5.41) is 5.65. The standard InChI is InChI=1S/C22H25N5O3/c1-14-9-16(7-8-18(14)26-20(28)12-30-2)25-22(29)15-10-19-21(23-11-15)27(13-24-19)17-5-3-4-6-17/h7-11,13,17H,3-6,12H2,1-2H3,(H,25,29)(H,26,28). The number of hydrogen-bond acceptors (Lipinski definition) is 5. The van der Waals surface area contributed by atoms with Crippen molar-refractivity contribution in [1.29, 1.82) is 0 Å². The number of carbonyl (C=O) groups excluding carboxylic acids is 2. The predicted molar refractivity (Wildman–Crippen MR) is 115 cm³/mol. The molecule has 2 aromatic heterocycles. The second-order valence-electron chi connectivity index (χ2n) is 7.62. The number of hydrogen-bond donors (Lipinski definition) is 2. The third-order valence-corrected chi connectivity index (χ3v) is 5.43. The van der Waals surface area contributed by atoms with Crippen molar-refractivity contribution in [3.05, 3.63) is 47.9 Å². The molecular weight excluding hydrogens is 382 g/mol. The molecule has 2 amide bonds. The number of imidazole rings is 1. The van der Waals surface area contributed by atoms with Crippen molar-refractivity contribution in [2.75, 3.05) is 24.4 Å². The first-order chi connectivity index (χ1) is 14.5. The fourth-order valence-electron chi connectivity index (χ4n) is 3.90. The van der Waals surface area contributed by atoms with Gasteiger partial charge >= 0.3 is 0 Å². The number of rotatable bonds is 6. The van der Waals surface area contributed by atoms with Crippen molar-refractivity contribution in [2.45, 2.75) is 38.6 Å². The van der Waals surface area contributed by atoms with Crippen molar-refractivity contribution in [3.63, 3.8) is 0 Å². The molecule has 4 rings (SSSR count). The minimum absolute atomic E-state index is 0.0100. The quantitative estimate of drug-likeness (QED) is 0.649. The number of benzene rings is 1. The summed E-state index contributed by atoms with van der Waals surface area (Å²) in [5.74, 6) is -0.482. The van der Waals surface area contributed by atoms with E-state index >= 15 is 0 Å². The topological polar surface area (TPSA) is 98.1 Å². The molecule has 1 aromatic carbocycles. The molecule has 3 aromatic rings. The van der Waals surface area contributed by atoms with Crippen molar-refractivity contribution < 1.29 is 14.3 Å². The fraction of sp³-hybridized carbons (Fsp3) is 0.364. The lowest BCUT2D eigenvalue weighted by Crippen LogP contribution is -2.18. The van der Waals surface area contributed by atoms with Crippen LogP contribution >= 0.6 is 0 Å². The number of anilines is 2. The Morgan fingerprint density at radius 2 is 1.97 bits per heavy atom. The normalized spacial score (nSPS) is 14.2. The van der Waals surface area contributed by atoms with Crippen LogP contribution in [0.3, 0.4) is 0 Å². The highest BCUT2D eigenvalue weighted by Crippen LogP contribution is 2.31. The van der Waals surface area contributed by atoms with E-state index < -0.39 is 0 Å². The van der Waals surface area contributed by atoms with Gasteiger partial charge in [-0.15, -0.1) is 0 Å². The van der Waals surface area contributed by atoms with E-state index in [1.165, 1.54) is 20.0 Å². The molecule has 2 N–H and O–H groups in total. The second kappa shape index (κ2) is 8.62. The van der Waals surface area contributed by atoms with Gasteiger partial charge in [-0.25, -0.2) is 9.97 Å². The van der Waals surface area contributed by atoms with Gasteiger partial charge in [0.25, 0.3) is 5.91 Å². The molecule has 0 unspecified atom stereocenters. The molecule has 0 bridgehead atoms. The molecule has 156 valence electrons. The monoisotopic (exact) mass is 407 g/mol. The van der Waals surface area contributed by atoms with Gasteiger partial charge < -0.3 is 19.9 Å². The van der Waals surface area contributed by atoms with Gasteiger partial charge in [0.05, 0.1) is 11.9 Å². The predicted octanol–water partition coefficient (Wildman–Crippen LogP) is 3.69. The lowest BCUT2D eigenvalue weighted by molar-refractivity contribution is -0.119. The third kappa shape index (κ3) is 4.18. The summed E-state index contributed by atoms with van der Waals surface area (Å²) >= 11 is 0. The van der Waals surface area contributed by atoms with Gasteiger partial charge in [-0.3, -0.25) is 9.59 Å². The van der Waals surface area contributed by atoms with Crippen molar-refractivity contribution >= 4 is 34.4 Å². The number of aryl methyl sites for hydroxylation is 1. The number of fused-ring (bicyclic) bond motifs is 1. The summed E-state index contributed by atoms with van der Waals surface area (Å²) < 4.78 is 6.95. The van der Waals surface area contributed by atoms with Gasteiger partial charge in [-0.1, -0.05) is 12.8 Å². The Hall–Kier alpha value is -3.26. The first-order valence-corrected chi connectivity index (χ1v) is 10.1. The zero-order valence-electron chi connectivity index (χ0n) is 17.1. The third-order valence-electron chi connectivity index (χ3n) is 5.43. The van der Waals surface area contributed by atoms with E-state index in [1.54, 1.807) is 30.5 Å². The number of aromatic nitrogens is 3. The minimum Gasteiger partial charge on any atom is -0.375 e. The van der Waals surface area contributed by atoms with E-state index in [4.69, 9.17) is 4.74 Å². The molecule has 1 aliphatic rings. The average molecular weight is 407 g/mol. The second-order valence-corrected chi connectivity index (χ2v) is 7.62. The van der Waals surface area contributed by atoms with Crippen LogP contribution in [-0.2, 0) is 9.53 Å². The van der Waals surface area contributed by atoms with Gasteiger partial charge in [0.2, 0.25) is 5.91 Å². The number of nitrogens with zero attached hydrogens (tertiary/aromatic N) is 3. The Balaban J connectivity index is 1.47. The number of ether oxygens (including phenoxy) is 1. The van der Waals surface area contributed by atoms with E-state index in [1.807, 2.05) is 13.3 Å². The van der Waals surface area contributed by atoms with Gasteiger partial charge in [-0.05, 0) is 49.6 Å². The summed E-state index contributed by atoms with van der Waals surface area (Å²) in [4.78, 5) is 33.4. The Labute approximate surface area is 174 Å². The average Bonchev–Trinajstić information content (AvgIpc) is 3.39. The number of carbonyl (C=O) groups is 2. The Kier molecular flexibility index (Phi) is 5.76. The molecule has 0 aliphatic heterocycles. The molecule has 0 radical (unpaired) electrons. The highest BCUT2D eigenvalue weighted by molar-refractivity contribution is 6.05. The van der Waals surface area contributed by atoms with Crippen LogP contribution in [0, 0.1) is 6.92 Å². The molecule has 1 aliphatic carbocycles. The van der Waals surface area contributed by atoms with Crippen molar-refractivity contribution in [3.8, 4) is 0 Å². The van der Waals surface area contributed by atoms with Crippen LogP contribution in [0.25, 0.3) is 11.2 Å². The van der Waals surface area contributed by atoms with Crippen LogP contribution in [0.1, 0.15) is 47.6 Å². The van der Waals surface area contributed by atoms with E-state index in [2.05, 4.69) is 25.2 Å². The summed E-state index contributed by atoms with van der Waals surface area (Å²) in [5.41, 5.74) is 4.15. The number of methoxy groups -OCH3 is 1. The molecule has 0 spiro atoms. The smallest absolute Gasteiger partial charge is 0.257 e. The molecule has 1 fully saturated rings.